The first-order chi connectivity index (χ1) is 12.1. The SMILES string of the molecule is Cc1ccc(C2(O)C[N+]3=C(CCCCC3)N2c2ccc(Cl)cc2)cc1. The molecule has 0 aliphatic carbocycles. The van der Waals surface area contributed by atoms with Crippen LogP contribution >= 0.6 is 11.6 Å². The maximum absolute atomic E-state index is 11.8. The molecule has 4 heteroatoms. The van der Waals surface area contributed by atoms with Gasteiger partial charge in [-0.15, -0.1) is 0 Å². The Labute approximate surface area is 154 Å². The second-order valence-electron chi connectivity index (χ2n) is 7.14. The van der Waals surface area contributed by atoms with Crippen LogP contribution in [0.3, 0.4) is 0 Å². The van der Waals surface area contributed by atoms with Crippen LogP contribution in [-0.2, 0) is 5.72 Å². The van der Waals surface area contributed by atoms with E-state index in [0.717, 1.165) is 24.2 Å². The van der Waals surface area contributed by atoms with Crippen molar-refractivity contribution in [2.75, 3.05) is 18.0 Å². The molecule has 0 saturated heterocycles. The highest BCUT2D eigenvalue weighted by Gasteiger charge is 2.53. The van der Waals surface area contributed by atoms with Gasteiger partial charge >= 0.3 is 0 Å². The number of aryl methyl sites for hydroxylation is 1. The molecule has 3 nitrogen and oxygen atoms in total. The Balaban J connectivity index is 1.83. The molecule has 2 aliphatic rings. The van der Waals surface area contributed by atoms with Crippen LogP contribution in [0.2, 0.25) is 5.02 Å². The predicted octanol–water partition coefficient (Wildman–Crippen LogP) is 4.30. The van der Waals surface area contributed by atoms with Crippen molar-refractivity contribution < 1.29 is 9.68 Å². The molecule has 2 aromatic rings. The number of nitrogens with zero attached hydrogens (tertiary/aromatic N) is 2. The lowest BCUT2D eigenvalue weighted by Gasteiger charge is -2.29. The average molecular weight is 356 g/mol. The molecule has 2 aliphatic heterocycles. The number of hydrogen-bond acceptors (Lipinski definition) is 2. The van der Waals surface area contributed by atoms with Crippen molar-refractivity contribution in [3.05, 3.63) is 64.7 Å². The van der Waals surface area contributed by atoms with E-state index in [1.807, 2.05) is 36.4 Å². The van der Waals surface area contributed by atoms with Gasteiger partial charge in [0, 0.05) is 17.0 Å². The number of aliphatic hydroxyl groups is 1. The summed E-state index contributed by atoms with van der Waals surface area (Å²) in [4.78, 5) is 2.12. The lowest BCUT2D eigenvalue weighted by molar-refractivity contribution is -0.534. The molecule has 4 rings (SSSR count). The largest absolute Gasteiger partial charge is 0.346 e. The molecular weight excluding hydrogens is 332 g/mol. The summed E-state index contributed by atoms with van der Waals surface area (Å²) in [6, 6.07) is 16.0. The topological polar surface area (TPSA) is 26.5 Å². The first-order valence-electron chi connectivity index (χ1n) is 9.04. The van der Waals surface area contributed by atoms with Crippen LogP contribution in [0, 0.1) is 6.92 Å². The first kappa shape index (κ1) is 16.6. The van der Waals surface area contributed by atoms with Crippen molar-refractivity contribution in [1.29, 1.82) is 0 Å². The van der Waals surface area contributed by atoms with Crippen LogP contribution in [0.1, 0.15) is 36.8 Å². The van der Waals surface area contributed by atoms with Crippen molar-refractivity contribution in [3.8, 4) is 0 Å². The number of anilines is 1. The zero-order valence-electron chi connectivity index (χ0n) is 14.6. The molecule has 2 heterocycles. The lowest BCUT2D eigenvalue weighted by Crippen LogP contribution is -2.47. The minimum atomic E-state index is -1.05. The Bertz CT molecular complexity index is 798. The van der Waals surface area contributed by atoms with Gasteiger partial charge < -0.3 is 5.11 Å². The van der Waals surface area contributed by atoms with Gasteiger partial charge in [-0.05, 0) is 50.5 Å². The van der Waals surface area contributed by atoms with Crippen molar-refractivity contribution in [2.24, 2.45) is 0 Å². The summed E-state index contributed by atoms with van der Waals surface area (Å²) in [6.07, 6.45) is 4.59. The van der Waals surface area contributed by atoms with E-state index in [2.05, 4.69) is 28.5 Å². The van der Waals surface area contributed by atoms with Crippen LogP contribution in [-0.4, -0.2) is 28.6 Å². The van der Waals surface area contributed by atoms with Crippen LogP contribution in [0.5, 0.6) is 0 Å². The number of hydrogen-bond donors (Lipinski definition) is 1. The molecule has 0 radical (unpaired) electrons. The Morgan fingerprint density at radius 1 is 1.00 bits per heavy atom. The van der Waals surface area contributed by atoms with Gasteiger partial charge in [-0.1, -0.05) is 41.4 Å². The number of amidine groups is 1. The highest BCUT2D eigenvalue weighted by molar-refractivity contribution is 6.30. The van der Waals surface area contributed by atoms with Crippen LogP contribution in [0.4, 0.5) is 5.69 Å². The fourth-order valence-corrected chi connectivity index (χ4v) is 4.14. The Hall–Kier alpha value is -1.84. The monoisotopic (exact) mass is 355 g/mol. The quantitative estimate of drug-likeness (QED) is 0.813. The van der Waals surface area contributed by atoms with Gasteiger partial charge in [-0.2, -0.15) is 4.90 Å². The zero-order chi connectivity index (χ0) is 17.4. The normalized spacial score (nSPS) is 23.6. The van der Waals surface area contributed by atoms with Crippen LogP contribution < -0.4 is 4.90 Å². The van der Waals surface area contributed by atoms with Crippen molar-refractivity contribution >= 4 is 23.1 Å². The molecular formula is C21H24ClN2O+. The van der Waals surface area contributed by atoms with E-state index < -0.39 is 5.72 Å². The highest BCUT2D eigenvalue weighted by Crippen LogP contribution is 2.38. The predicted molar refractivity (Wildman–Crippen MR) is 102 cm³/mol. The van der Waals surface area contributed by atoms with E-state index in [-0.39, 0.29) is 0 Å². The molecule has 0 spiro atoms. The lowest BCUT2D eigenvalue weighted by atomic mass is 9.99. The minimum Gasteiger partial charge on any atom is -0.346 e. The fraction of sp³-hybridized carbons (Fsp3) is 0.381. The second-order valence-corrected chi connectivity index (χ2v) is 7.58. The molecule has 2 aromatic carbocycles. The standard InChI is InChI=1S/C21H24ClN2O/c1-16-6-8-17(9-7-16)21(25)15-23-14-4-2-3-5-20(23)24(21)19-12-10-18(22)11-13-19/h6-13,25H,2-5,14-15H2,1H3/q+1. The van der Waals surface area contributed by atoms with Crippen molar-refractivity contribution in [2.45, 2.75) is 38.3 Å². The van der Waals surface area contributed by atoms with Gasteiger partial charge in [-0.25, -0.2) is 0 Å². The Kier molecular flexibility index (Phi) is 4.30. The van der Waals surface area contributed by atoms with Gasteiger partial charge in [0.15, 0.2) is 6.54 Å². The molecule has 0 aromatic heterocycles. The molecule has 25 heavy (non-hydrogen) atoms. The summed E-state index contributed by atoms with van der Waals surface area (Å²) < 4.78 is 2.36. The van der Waals surface area contributed by atoms with Crippen LogP contribution in [0.15, 0.2) is 48.5 Å². The molecule has 0 fully saturated rings. The van der Waals surface area contributed by atoms with E-state index in [1.54, 1.807) is 0 Å². The second kappa shape index (κ2) is 6.47. The van der Waals surface area contributed by atoms with E-state index in [9.17, 15) is 5.11 Å². The van der Waals surface area contributed by atoms with E-state index in [1.165, 1.54) is 30.7 Å². The molecule has 0 saturated carbocycles. The summed E-state index contributed by atoms with van der Waals surface area (Å²) in [6.45, 7) is 3.68. The molecule has 130 valence electrons. The van der Waals surface area contributed by atoms with Gasteiger partial charge in [-0.3, -0.25) is 4.58 Å². The van der Waals surface area contributed by atoms with E-state index >= 15 is 0 Å². The van der Waals surface area contributed by atoms with Gasteiger partial charge in [0.05, 0.1) is 6.54 Å². The van der Waals surface area contributed by atoms with Crippen LogP contribution in [0.25, 0.3) is 0 Å². The highest BCUT2D eigenvalue weighted by atomic mass is 35.5. The summed E-state index contributed by atoms with van der Waals surface area (Å²) in [7, 11) is 0. The third-order valence-corrected chi connectivity index (χ3v) is 5.58. The summed E-state index contributed by atoms with van der Waals surface area (Å²) in [5.74, 6) is 1.22. The minimum absolute atomic E-state index is 0.605. The van der Waals surface area contributed by atoms with E-state index in [4.69, 9.17) is 11.6 Å². The third kappa shape index (κ3) is 2.96. The molecule has 1 unspecified atom stereocenters. The summed E-state index contributed by atoms with van der Waals surface area (Å²) in [5, 5.41) is 12.5. The Morgan fingerprint density at radius 2 is 1.72 bits per heavy atom. The third-order valence-electron chi connectivity index (χ3n) is 5.33. The number of rotatable bonds is 2. The maximum atomic E-state index is 11.8. The van der Waals surface area contributed by atoms with Gasteiger partial charge in [0.1, 0.15) is 5.69 Å². The van der Waals surface area contributed by atoms with Crippen molar-refractivity contribution in [1.82, 2.24) is 0 Å². The molecule has 1 N–H and O–H groups in total. The average Bonchev–Trinajstić information content (AvgIpc) is 2.74. The number of halogens is 1. The molecule has 1 atom stereocenters. The summed E-state index contributed by atoms with van der Waals surface area (Å²) in [5.41, 5.74) is 2.08. The van der Waals surface area contributed by atoms with E-state index in [0.29, 0.717) is 11.6 Å². The van der Waals surface area contributed by atoms with Crippen molar-refractivity contribution in [3.63, 3.8) is 0 Å². The first-order valence-corrected chi connectivity index (χ1v) is 9.42. The molecule has 0 bridgehead atoms. The maximum Gasteiger partial charge on any atom is 0.275 e. The number of benzene rings is 2. The summed E-state index contributed by atoms with van der Waals surface area (Å²) >= 11 is 6.09. The smallest absolute Gasteiger partial charge is 0.275 e. The molecule has 0 amide bonds. The zero-order valence-corrected chi connectivity index (χ0v) is 15.3. The van der Waals surface area contributed by atoms with Gasteiger partial charge in [0.2, 0.25) is 0 Å². The fourth-order valence-electron chi connectivity index (χ4n) is 4.02. The Morgan fingerprint density at radius 3 is 2.44 bits per heavy atom. The van der Waals surface area contributed by atoms with Gasteiger partial charge in [0.25, 0.3) is 11.6 Å².